The van der Waals surface area contributed by atoms with Crippen molar-refractivity contribution < 1.29 is 0 Å². The van der Waals surface area contributed by atoms with Crippen LogP contribution in [0.5, 0.6) is 0 Å². The van der Waals surface area contributed by atoms with Crippen LogP contribution in [0.4, 0.5) is 0 Å². The molecule has 1 atom stereocenters. The molecule has 1 heterocycles. The summed E-state index contributed by atoms with van der Waals surface area (Å²) in [6, 6.07) is 11.2. The number of nitrogens with zero attached hydrogens (tertiary/aromatic N) is 2. The molecule has 0 bridgehead atoms. The minimum Gasteiger partial charge on any atom is -0.352 e. The van der Waals surface area contributed by atoms with E-state index in [9.17, 15) is 0 Å². The smallest absolute Gasteiger partial charge is 0.127 e. The number of unbranched alkanes of at least 4 members (excludes halogenated alkanes) is 22. The summed E-state index contributed by atoms with van der Waals surface area (Å²) >= 11 is 0. The largest absolute Gasteiger partial charge is 0.352 e. The lowest BCUT2D eigenvalue weighted by Gasteiger charge is -2.33. The summed E-state index contributed by atoms with van der Waals surface area (Å²) in [7, 11) is 0. The van der Waals surface area contributed by atoms with Crippen molar-refractivity contribution in [2.75, 3.05) is 13.1 Å². The zero-order valence-electron chi connectivity index (χ0n) is 26.4. The zero-order chi connectivity index (χ0) is 27.6. The van der Waals surface area contributed by atoms with E-state index in [1.54, 1.807) is 0 Å². The van der Waals surface area contributed by atoms with Crippen molar-refractivity contribution in [3.05, 3.63) is 48.3 Å². The van der Waals surface area contributed by atoms with E-state index in [4.69, 9.17) is 0 Å². The highest BCUT2D eigenvalue weighted by Gasteiger charge is 2.26. The van der Waals surface area contributed by atoms with Crippen molar-refractivity contribution in [2.24, 2.45) is 0 Å². The molecule has 0 fully saturated rings. The Hall–Kier alpha value is -1.44. The van der Waals surface area contributed by atoms with Crippen LogP contribution in [0.1, 0.15) is 180 Å². The fourth-order valence-electron chi connectivity index (χ4n) is 6.20. The predicted molar refractivity (Wildman–Crippen MR) is 174 cm³/mol. The van der Waals surface area contributed by atoms with Gasteiger partial charge in [-0.1, -0.05) is 185 Å². The maximum absolute atomic E-state index is 2.60. The Balaban J connectivity index is 1.51. The van der Waals surface area contributed by atoms with E-state index in [1.807, 2.05) is 0 Å². The third-order valence-corrected chi connectivity index (χ3v) is 8.72. The molecule has 1 aromatic carbocycles. The lowest BCUT2D eigenvalue weighted by Crippen LogP contribution is -2.32. The minimum absolute atomic E-state index is 0.395. The molecule has 2 nitrogen and oxygen atoms in total. The highest BCUT2D eigenvalue weighted by molar-refractivity contribution is 5.21. The standard InChI is InChI=1S/C37H66N2/c1-3-5-7-9-11-13-14-15-16-17-18-19-20-22-24-29-33-39-35-34-38(37(39)36-30-26-25-27-31-36)32-28-23-21-12-10-8-6-4-2/h25-27,30-31,34-35,37H,3-24,28-29,32-33H2,1-2H3. The molecule has 1 aliphatic rings. The van der Waals surface area contributed by atoms with Crippen LogP contribution in [0.15, 0.2) is 42.7 Å². The number of rotatable bonds is 27. The zero-order valence-corrected chi connectivity index (χ0v) is 26.4. The average molecular weight is 539 g/mol. The molecule has 224 valence electrons. The Morgan fingerprint density at radius 2 is 0.718 bits per heavy atom. The molecule has 1 aromatic rings. The highest BCUT2D eigenvalue weighted by Crippen LogP contribution is 2.31. The summed E-state index contributed by atoms with van der Waals surface area (Å²) in [6.45, 7) is 6.97. The van der Waals surface area contributed by atoms with Gasteiger partial charge in [-0.25, -0.2) is 0 Å². The molecule has 1 unspecified atom stereocenters. The van der Waals surface area contributed by atoms with E-state index in [-0.39, 0.29) is 0 Å². The van der Waals surface area contributed by atoms with Gasteiger partial charge in [-0.05, 0) is 18.4 Å². The van der Waals surface area contributed by atoms with Gasteiger partial charge >= 0.3 is 0 Å². The Labute approximate surface area is 245 Å². The predicted octanol–water partition coefficient (Wildman–Crippen LogP) is 12.2. The molecular formula is C37H66N2. The molecular weight excluding hydrogens is 472 g/mol. The van der Waals surface area contributed by atoms with Crippen LogP contribution in [0, 0.1) is 0 Å². The van der Waals surface area contributed by atoms with Crippen molar-refractivity contribution in [2.45, 2.75) is 174 Å². The summed E-state index contributed by atoms with van der Waals surface area (Å²) < 4.78 is 0. The monoisotopic (exact) mass is 539 g/mol. The van der Waals surface area contributed by atoms with Gasteiger partial charge in [-0.2, -0.15) is 0 Å². The van der Waals surface area contributed by atoms with E-state index in [0.717, 1.165) is 0 Å². The Morgan fingerprint density at radius 3 is 1.05 bits per heavy atom. The van der Waals surface area contributed by atoms with Gasteiger partial charge in [0.2, 0.25) is 0 Å². The first-order chi connectivity index (χ1) is 19.4. The van der Waals surface area contributed by atoms with Crippen molar-refractivity contribution >= 4 is 0 Å². The summed E-state index contributed by atoms with van der Waals surface area (Å²) in [5, 5.41) is 0. The molecule has 39 heavy (non-hydrogen) atoms. The van der Waals surface area contributed by atoms with E-state index in [0.29, 0.717) is 6.17 Å². The van der Waals surface area contributed by atoms with Crippen LogP contribution in [-0.2, 0) is 0 Å². The summed E-state index contributed by atoms with van der Waals surface area (Å²) in [6.07, 6.45) is 39.2. The molecule has 0 saturated heterocycles. The number of hydrogen-bond donors (Lipinski definition) is 0. The first-order valence-electron chi connectivity index (χ1n) is 17.6. The van der Waals surface area contributed by atoms with Crippen LogP contribution >= 0.6 is 0 Å². The third kappa shape index (κ3) is 16.4. The molecule has 2 heteroatoms. The Morgan fingerprint density at radius 1 is 0.410 bits per heavy atom. The van der Waals surface area contributed by atoms with Gasteiger partial charge in [-0.3, -0.25) is 0 Å². The molecule has 0 saturated carbocycles. The first kappa shape index (κ1) is 33.8. The van der Waals surface area contributed by atoms with Crippen molar-refractivity contribution in [1.29, 1.82) is 0 Å². The third-order valence-electron chi connectivity index (χ3n) is 8.72. The van der Waals surface area contributed by atoms with Gasteiger partial charge in [0.1, 0.15) is 6.17 Å². The molecule has 0 spiro atoms. The molecule has 2 rings (SSSR count). The summed E-state index contributed by atoms with van der Waals surface area (Å²) in [5.74, 6) is 0. The average Bonchev–Trinajstić information content (AvgIpc) is 3.37. The van der Waals surface area contributed by atoms with Gasteiger partial charge < -0.3 is 9.80 Å². The van der Waals surface area contributed by atoms with Gasteiger partial charge in [0.05, 0.1) is 0 Å². The summed E-state index contributed by atoms with van der Waals surface area (Å²) in [4.78, 5) is 5.20. The fourth-order valence-corrected chi connectivity index (χ4v) is 6.20. The molecule has 1 aliphatic heterocycles. The molecule has 0 aromatic heterocycles. The molecule has 0 radical (unpaired) electrons. The van der Waals surface area contributed by atoms with Gasteiger partial charge in [0.25, 0.3) is 0 Å². The SMILES string of the molecule is CCCCCCCCCCCCCCCCCCN1C=CN(CCCCCCCCCC)C1c1ccccc1. The second kappa shape index (κ2) is 24.4. The fraction of sp³-hybridized carbons (Fsp3) is 0.784. The van der Waals surface area contributed by atoms with E-state index < -0.39 is 0 Å². The molecule has 0 aliphatic carbocycles. The van der Waals surface area contributed by atoms with Gasteiger partial charge in [0, 0.05) is 25.5 Å². The summed E-state index contributed by atoms with van der Waals surface area (Å²) in [5.41, 5.74) is 1.44. The lowest BCUT2D eigenvalue weighted by molar-refractivity contribution is 0.149. The molecule has 0 amide bonds. The number of benzene rings is 1. The topological polar surface area (TPSA) is 6.48 Å². The van der Waals surface area contributed by atoms with Gasteiger partial charge in [-0.15, -0.1) is 0 Å². The first-order valence-corrected chi connectivity index (χ1v) is 17.6. The maximum Gasteiger partial charge on any atom is 0.127 e. The minimum atomic E-state index is 0.395. The van der Waals surface area contributed by atoms with E-state index in [1.165, 1.54) is 173 Å². The van der Waals surface area contributed by atoms with Crippen LogP contribution in [0.2, 0.25) is 0 Å². The van der Waals surface area contributed by atoms with Crippen molar-refractivity contribution in [3.63, 3.8) is 0 Å². The maximum atomic E-state index is 2.60. The quantitative estimate of drug-likeness (QED) is 0.103. The van der Waals surface area contributed by atoms with Crippen LogP contribution < -0.4 is 0 Å². The van der Waals surface area contributed by atoms with Crippen LogP contribution in [0.3, 0.4) is 0 Å². The van der Waals surface area contributed by atoms with Gasteiger partial charge in [0.15, 0.2) is 0 Å². The second-order valence-electron chi connectivity index (χ2n) is 12.3. The second-order valence-corrected chi connectivity index (χ2v) is 12.3. The normalized spacial score (nSPS) is 15.1. The lowest BCUT2D eigenvalue weighted by atomic mass is 10.0. The van der Waals surface area contributed by atoms with Crippen molar-refractivity contribution in [1.82, 2.24) is 9.80 Å². The van der Waals surface area contributed by atoms with Crippen LogP contribution in [-0.4, -0.2) is 22.9 Å². The van der Waals surface area contributed by atoms with Crippen molar-refractivity contribution in [3.8, 4) is 0 Å². The van der Waals surface area contributed by atoms with E-state index in [2.05, 4.69) is 66.4 Å². The van der Waals surface area contributed by atoms with Crippen LogP contribution in [0.25, 0.3) is 0 Å². The Kier molecular flexibility index (Phi) is 21.1. The Bertz CT molecular complexity index is 669. The van der Waals surface area contributed by atoms with E-state index >= 15 is 0 Å². The highest BCUT2D eigenvalue weighted by atomic mass is 15.4. The molecule has 0 N–H and O–H groups in total. The number of hydrogen-bond acceptors (Lipinski definition) is 2.